The number of pyridine rings is 1. The van der Waals surface area contributed by atoms with Gasteiger partial charge in [-0.2, -0.15) is 0 Å². The fourth-order valence-electron chi connectivity index (χ4n) is 1.39. The summed E-state index contributed by atoms with van der Waals surface area (Å²) in [5, 5.41) is 0.0565. The Labute approximate surface area is 107 Å². The summed E-state index contributed by atoms with van der Waals surface area (Å²) in [5.74, 6) is 0.246. The van der Waals surface area contributed by atoms with Gasteiger partial charge in [-0.1, -0.05) is 0 Å². The first-order valence-corrected chi connectivity index (χ1v) is 5.88. The van der Waals surface area contributed by atoms with Crippen LogP contribution in [0.4, 0.5) is 0 Å². The number of alkyl halides is 1. The number of carbonyl (C=O) groups is 1. The van der Waals surface area contributed by atoms with Gasteiger partial charge in [0.2, 0.25) is 5.88 Å². The lowest BCUT2D eigenvalue weighted by molar-refractivity contribution is 0.0789. The normalized spacial score (nSPS) is 12.0. The molecule has 17 heavy (non-hydrogen) atoms. The van der Waals surface area contributed by atoms with E-state index in [9.17, 15) is 4.79 Å². The molecule has 0 aliphatic heterocycles. The average Bonchev–Trinajstić information content (AvgIpc) is 2.34. The number of hydrogen-bond donors (Lipinski definition) is 0. The molecule has 0 bridgehead atoms. The van der Waals surface area contributed by atoms with Gasteiger partial charge in [0, 0.05) is 25.2 Å². The molecule has 1 aromatic heterocycles. The Bertz CT molecular complexity index is 383. The molecule has 5 heteroatoms. The van der Waals surface area contributed by atoms with Gasteiger partial charge in [0.15, 0.2) is 0 Å². The predicted molar refractivity (Wildman–Crippen MR) is 67.7 cm³/mol. The molecular weight excluding hydrogens is 240 g/mol. The lowest BCUT2D eigenvalue weighted by Crippen LogP contribution is -2.29. The first kappa shape index (κ1) is 13.8. The Kier molecular flexibility index (Phi) is 5.22. The Hall–Kier alpha value is -1.29. The fourth-order valence-corrected chi connectivity index (χ4v) is 1.49. The molecular formula is C12H17ClN2O2. The van der Waals surface area contributed by atoms with Crippen molar-refractivity contribution in [1.82, 2.24) is 9.88 Å². The minimum atomic E-state index is -0.104. The van der Waals surface area contributed by atoms with Crippen molar-refractivity contribution in [2.45, 2.75) is 18.7 Å². The summed E-state index contributed by atoms with van der Waals surface area (Å²) in [5.41, 5.74) is 0.472. The van der Waals surface area contributed by atoms with Crippen LogP contribution in [-0.4, -0.2) is 41.9 Å². The molecule has 1 heterocycles. The fraction of sp³-hybridized carbons (Fsp3) is 0.500. The number of methoxy groups -OCH3 is 1. The van der Waals surface area contributed by atoms with Gasteiger partial charge in [0.1, 0.15) is 5.56 Å². The number of rotatable bonds is 5. The molecule has 0 spiro atoms. The maximum Gasteiger partial charge on any atom is 0.259 e. The van der Waals surface area contributed by atoms with Crippen LogP contribution in [-0.2, 0) is 0 Å². The zero-order chi connectivity index (χ0) is 12.8. The van der Waals surface area contributed by atoms with E-state index in [1.54, 1.807) is 30.3 Å². The summed E-state index contributed by atoms with van der Waals surface area (Å²) in [7, 11) is 3.24. The van der Waals surface area contributed by atoms with E-state index in [4.69, 9.17) is 16.3 Å². The number of ether oxygens (including phenoxy) is 1. The minimum Gasteiger partial charge on any atom is -0.480 e. The predicted octanol–water partition coefficient (Wildman–Crippen LogP) is 2.18. The van der Waals surface area contributed by atoms with Crippen LogP contribution in [0.3, 0.4) is 0 Å². The molecule has 0 saturated heterocycles. The summed E-state index contributed by atoms with van der Waals surface area (Å²) in [6.45, 7) is 2.52. The topological polar surface area (TPSA) is 42.4 Å². The summed E-state index contributed by atoms with van der Waals surface area (Å²) in [6, 6.07) is 3.42. The van der Waals surface area contributed by atoms with Crippen molar-refractivity contribution in [2.75, 3.05) is 20.7 Å². The first-order chi connectivity index (χ1) is 8.06. The molecule has 1 aromatic rings. The number of hydrogen-bond acceptors (Lipinski definition) is 3. The number of halogens is 1. The van der Waals surface area contributed by atoms with E-state index in [0.29, 0.717) is 18.0 Å². The monoisotopic (exact) mass is 256 g/mol. The average molecular weight is 257 g/mol. The van der Waals surface area contributed by atoms with Crippen LogP contribution < -0.4 is 4.74 Å². The van der Waals surface area contributed by atoms with Crippen LogP contribution in [0.15, 0.2) is 18.3 Å². The number of carbonyl (C=O) groups excluding carboxylic acids is 1. The molecule has 1 amide bonds. The molecule has 0 aromatic carbocycles. The third-order valence-electron chi connectivity index (χ3n) is 2.40. The summed E-state index contributed by atoms with van der Waals surface area (Å²) >= 11 is 5.86. The van der Waals surface area contributed by atoms with Crippen molar-refractivity contribution in [3.05, 3.63) is 23.9 Å². The van der Waals surface area contributed by atoms with Crippen LogP contribution in [0.5, 0.6) is 5.88 Å². The van der Waals surface area contributed by atoms with E-state index >= 15 is 0 Å². The lowest BCUT2D eigenvalue weighted by atomic mass is 10.2. The third kappa shape index (κ3) is 3.89. The van der Waals surface area contributed by atoms with Crippen molar-refractivity contribution >= 4 is 17.5 Å². The van der Waals surface area contributed by atoms with E-state index in [1.807, 2.05) is 6.92 Å². The molecule has 0 aliphatic carbocycles. The van der Waals surface area contributed by atoms with E-state index < -0.39 is 0 Å². The lowest BCUT2D eigenvalue weighted by Gasteiger charge is -2.18. The smallest absolute Gasteiger partial charge is 0.259 e. The number of nitrogens with zero attached hydrogens (tertiary/aromatic N) is 2. The molecule has 1 atom stereocenters. The van der Waals surface area contributed by atoms with Gasteiger partial charge < -0.3 is 9.64 Å². The highest BCUT2D eigenvalue weighted by molar-refractivity contribution is 6.20. The van der Waals surface area contributed by atoms with Gasteiger partial charge in [-0.25, -0.2) is 4.98 Å². The first-order valence-electron chi connectivity index (χ1n) is 5.44. The van der Waals surface area contributed by atoms with E-state index in [1.165, 1.54) is 7.11 Å². The Morgan fingerprint density at radius 1 is 1.65 bits per heavy atom. The molecule has 0 N–H and O–H groups in total. The van der Waals surface area contributed by atoms with Gasteiger partial charge >= 0.3 is 0 Å². The molecule has 0 radical (unpaired) electrons. The summed E-state index contributed by atoms with van der Waals surface area (Å²) in [6.07, 6.45) is 2.35. The largest absolute Gasteiger partial charge is 0.480 e. The number of aromatic nitrogens is 1. The van der Waals surface area contributed by atoms with Crippen LogP contribution in [0.25, 0.3) is 0 Å². The molecule has 0 aliphatic rings. The van der Waals surface area contributed by atoms with Crippen LogP contribution >= 0.6 is 11.6 Å². The SMILES string of the molecule is COc1ncccc1C(=O)N(C)CCC(C)Cl. The number of amides is 1. The van der Waals surface area contributed by atoms with Gasteiger partial charge in [0.05, 0.1) is 7.11 Å². The summed E-state index contributed by atoms with van der Waals surface area (Å²) in [4.78, 5) is 17.7. The zero-order valence-corrected chi connectivity index (χ0v) is 11.1. The second-order valence-corrected chi connectivity index (χ2v) is 4.60. The second kappa shape index (κ2) is 6.45. The van der Waals surface area contributed by atoms with Crippen LogP contribution in [0.2, 0.25) is 0 Å². The van der Waals surface area contributed by atoms with E-state index in [2.05, 4.69) is 4.98 Å². The molecule has 0 fully saturated rings. The summed E-state index contributed by atoms with van der Waals surface area (Å²) < 4.78 is 5.06. The van der Waals surface area contributed by atoms with E-state index in [-0.39, 0.29) is 11.3 Å². The standard InChI is InChI=1S/C12H17ClN2O2/c1-9(13)6-8-15(2)12(16)10-5-4-7-14-11(10)17-3/h4-5,7,9H,6,8H2,1-3H3. The van der Waals surface area contributed by atoms with Crippen molar-refractivity contribution in [1.29, 1.82) is 0 Å². The van der Waals surface area contributed by atoms with Gasteiger partial charge in [0.25, 0.3) is 5.91 Å². The molecule has 94 valence electrons. The molecule has 4 nitrogen and oxygen atoms in total. The van der Waals surface area contributed by atoms with Crippen LogP contribution in [0, 0.1) is 0 Å². The Morgan fingerprint density at radius 2 is 2.35 bits per heavy atom. The zero-order valence-electron chi connectivity index (χ0n) is 10.3. The second-order valence-electron chi connectivity index (χ2n) is 3.86. The van der Waals surface area contributed by atoms with Crippen molar-refractivity contribution in [3.63, 3.8) is 0 Å². The van der Waals surface area contributed by atoms with Gasteiger partial charge in [-0.3, -0.25) is 4.79 Å². The van der Waals surface area contributed by atoms with Gasteiger partial charge in [-0.15, -0.1) is 11.6 Å². The maximum atomic E-state index is 12.1. The maximum absolute atomic E-state index is 12.1. The van der Waals surface area contributed by atoms with Crippen molar-refractivity contribution < 1.29 is 9.53 Å². The molecule has 1 rings (SSSR count). The van der Waals surface area contributed by atoms with E-state index in [0.717, 1.165) is 6.42 Å². The van der Waals surface area contributed by atoms with Crippen molar-refractivity contribution in [2.24, 2.45) is 0 Å². The molecule has 1 unspecified atom stereocenters. The highest BCUT2D eigenvalue weighted by atomic mass is 35.5. The van der Waals surface area contributed by atoms with Crippen molar-refractivity contribution in [3.8, 4) is 5.88 Å². The van der Waals surface area contributed by atoms with Gasteiger partial charge in [-0.05, 0) is 25.5 Å². The Morgan fingerprint density at radius 3 is 2.94 bits per heavy atom. The third-order valence-corrected chi connectivity index (χ3v) is 2.62. The Balaban J connectivity index is 2.74. The highest BCUT2D eigenvalue weighted by Crippen LogP contribution is 2.16. The minimum absolute atomic E-state index is 0.0565. The molecule has 0 saturated carbocycles. The van der Waals surface area contributed by atoms with Crippen LogP contribution in [0.1, 0.15) is 23.7 Å². The highest BCUT2D eigenvalue weighted by Gasteiger charge is 2.17. The quantitative estimate of drug-likeness (QED) is 0.759.